The van der Waals surface area contributed by atoms with Crippen molar-refractivity contribution in [2.24, 2.45) is 0 Å². The lowest BCUT2D eigenvalue weighted by atomic mass is 9.84. The van der Waals surface area contributed by atoms with Crippen LogP contribution in [0.25, 0.3) is 0 Å². The minimum Gasteiger partial charge on any atom is -0.475 e. The zero-order chi connectivity index (χ0) is 24.5. The molecule has 2 aromatic heterocycles. The van der Waals surface area contributed by atoms with Crippen molar-refractivity contribution in [1.29, 1.82) is 0 Å². The zero-order valence-electron chi connectivity index (χ0n) is 17.8. The van der Waals surface area contributed by atoms with Gasteiger partial charge < -0.3 is 24.0 Å². The molecule has 0 aromatic carbocycles. The normalized spacial score (nSPS) is 21.3. The van der Waals surface area contributed by atoms with Crippen LogP contribution in [0.1, 0.15) is 47.8 Å². The van der Waals surface area contributed by atoms with Crippen molar-refractivity contribution < 1.29 is 46.3 Å². The standard InChI is InChI=1S/C19H20FN3O4.C2HF3O2/c20-14-2-1-6-21-17(14)26-13-5-7-25-19(9-13)10-23(11-19)18(24)15-8-16(27-22-15)12-3-4-12;3-2(4,5)1(6)7/h1-2,6,8,12-13H,3-5,7,9-11H2;(H,6,7). The molecule has 1 spiro atoms. The van der Waals surface area contributed by atoms with Gasteiger partial charge in [0.05, 0.1) is 19.7 Å². The van der Waals surface area contributed by atoms with Gasteiger partial charge >= 0.3 is 12.1 Å². The number of alkyl halides is 3. The van der Waals surface area contributed by atoms with Gasteiger partial charge in [0, 0.05) is 31.0 Å². The summed E-state index contributed by atoms with van der Waals surface area (Å²) in [5.41, 5.74) is -0.0849. The second-order valence-corrected chi connectivity index (χ2v) is 8.41. The Hall–Kier alpha value is -3.22. The summed E-state index contributed by atoms with van der Waals surface area (Å²) in [7, 11) is 0. The Labute approximate surface area is 190 Å². The molecular weight excluding hydrogens is 466 g/mol. The first-order valence-corrected chi connectivity index (χ1v) is 10.5. The average molecular weight is 487 g/mol. The SMILES string of the molecule is O=C(O)C(F)(F)F.O=C(c1cc(C2CC2)on1)N1CC2(CC(Oc3ncccc3F)CCO2)C1. The Bertz CT molecular complexity index is 1050. The van der Waals surface area contributed by atoms with Gasteiger partial charge in [-0.15, -0.1) is 0 Å². The monoisotopic (exact) mass is 487 g/mol. The van der Waals surface area contributed by atoms with E-state index in [1.165, 1.54) is 18.3 Å². The van der Waals surface area contributed by atoms with Crippen LogP contribution in [0.2, 0.25) is 0 Å². The van der Waals surface area contributed by atoms with Crippen LogP contribution in [0.15, 0.2) is 28.9 Å². The van der Waals surface area contributed by atoms with E-state index in [-0.39, 0.29) is 17.9 Å². The highest BCUT2D eigenvalue weighted by Gasteiger charge is 2.50. The third kappa shape index (κ3) is 5.46. The Balaban J connectivity index is 0.000000344. The highest BCUT2D eigenvalue weighted by atomic mass is 19.4. The van der Waals surface area contributed by atoms with Crippen molar-refractivity contribution in [3.05, 3.63) is 41.7 Å². The molecule has 2 aliphatic heterocycles. The molecule has 1 saturated carbocycles. The summed E-state index contributed by atoms with van der Waals surface area (Å²) in [6.07, 6.45) is -0.304. The summed E-state index contributed by atoms with van der Waals surface area (Å²) in [5, 5.41) is 11.0. The first-order chi connectivity index (χ1) is 16.1. The van der Waals surface area contributed by atoms with Crippen LogP contribution < -0.4 is 4.74 Å². The number of amides is 1. The molecule has 5 rings (SSSR count). The van der Waals surface area contributed by atoms with Crippen LogP contribution in [-0.4, -0.2) is 69.6 Å². The maximum Gasteiger partial charge on any atom is 0.490 e. The number of carboxylic acids is 1. The molecule has 9 nitrogen and oxygen atoms in total. The van der Waals surface area contributed by atoms with E-state index in [1.807, 2.05) is 0 Å². The largest absolute Gasteiger partial charge is 0.490 e. The summed E-state index contributed by atoms with van der Waals surface area (Å²) in [5.74, 6) is -2.13. The lowest BCUT2D eigenvalue weighted by Gasteiger charge is -2.52. The number of halogens is 4. The second-order valence-electron chi connectivity index (χ2n) is 8.41. The first kappa shape index (κ1) is 23.9. The van der Waals surface area contributed by atoms with Gasteiger partial charge in [0.2, 0.25) is 0 Å². The molecule has 0 radical (unpaired) electrons. The molecule has 2 saturated heterocycles. The van der Waals surface area contributed by atoms with E-state index in [2.05, 4.69) is 10.1 Å². The number of aliphatic carboxylic acids is 1. The Morgan fingerprint density at radius 2 is 1.94 bits per heavy atom. The van der Waals surface area contributed by atoms with E-state index in [0.717, 1.165) is 18.6 Å². The fraction of sp³-hybridized carbons (Fsp3) is 0.524. The van der Waals surface area contributed by atoms with Crippen molar-refractivity contribution >= 4 is 11.9 Å². The maximum absolute atomic E-state index is 13.8. The summed E-state index contributed by atoms with van der Waals surface area (Å²) >= 11 is 0. The third-order valence-corrected chi connectivity index (χ3v) is 5.67. The number of hydrogen-bond donors (Lipinski definition) is 1. The molecule has 1 N–H and O–H groups in total. The number of carbonyl (C=O) groups is 2. The van der Waals surface area contributed by atoms with Crippen molar-refractivity contribution in [2.45, 2.75) is 49.5 Å². The Morgan fingerprint density at radius 3 is 2.56 bits per heavy atom. The number of hydrogen-bond acceptors (Lipinski definition) is 7. The number of ether oxygens (including phenoxy) is 2. The van der Waals surface area contributed by atoms with Gasteiger partial charge in [0.15, 0.2) is 11.5 Å². The number of aromatic nitrogens is 2. The lowest BCUT2D eigenvalue weighted by Crippen LogP contribution is -2.67. The zero-order valence-corrected chi connectivity index (χ0v) is 17.8. The van der Waals surface area contributed by atoms with E-state index in [9.17, 15) is 22.4 Å². The quantitative estimate of drug-likeness (QED) is 0.654. The molecule has 1 aliphatic carbocycles. The Kier molecular flexibility index (Phi) is 6.47. The molecule has 13 heteroatoms. The van der Waals surface area contributed by atoms with Gasteiger partial charge in [-0.1, -0.05) is 5.16 Å². The molecule has 1 atom stereocenters. The summed E-state index contributed by atoms with van der Waals surface area (Å²) < 4.78 is 62.4. The van der Waals surface area contributed by atoms with Crippen molar-refractivity contribution in [1.82, 2.24) is 15.0 Å². The molecule has 0 bridgehead atoms. The van der Waals surface area contributed by atoms with Gasteiger partial charge in [-0.25, -0.2) is 14.2 Å². The van der Waals surface area contributed by atoms with Gasteiger partial charge in [0.25, 0.3) is 11.8 Å². The van der Waals surface area contributed by atoms with Crippen LogP contribution in [0.4, 0.5) is 17.6 Å². The lowest BCUT2D eigenvalue weighted by molar-refractivity contribution is -0.192. The predicted molar refractivity (Wildman–Crippen MR) is 105 cm³/mol. The number of nitrogens with zero attached hydrogens (tertiary/aromatic N) is 3. The molecule has 1 amide bonds. The second kappa shape index (κ2) is 9.20. The van der Waals surface area contributed by atoms with Crippen molar-refractivity contribution in [2.75, 3.05) is 19.7 Å². The molecule has 4 heterocycles. The molecule has 2 aromatic rings. The molecule has 34 heavy (non-hydrogen) atoms. The molecule has 1 unspecified atom stereocenters. The molecule has 184 valence electrons. The maximum atomic E-state index is 13.8. The van der Waals surface area contributed by atoms with Crippen molar-refractivity contribution in [3.8, 4) is 5.88 Å². The van der Waals surface area contributed by atoms with Crippen LogP contribution in [0.3, 0.4) is 0 Å². The number of carboxylic acid groups (broad SMARTS) is 1. The van der Waals surface area contributed by atoms with E-state index >= 15 is 0 Å². The minimum absolute atomic E-state index is 0.0157. The topological polar surface area (TPSA) is 115 Å². The predicted octanol–water partition coefficient (Wildman–Crippen LogP) is 3.17. The van der Waals surface area contributed by atoms with Crippen LogP contribution in [-0.2, 0) is 9.53 Å². The number of carbonyl (C=O) groups excluding carboxylic acids is 1. The third-order valence-electron chi connectivity index (χ3n) is 5.67. The number of likely N-dealkylation sites (tertiary alicyclic amines) is 1. The van der Waals surface area contributed by atoms with Gasteiger partial charge in [-0.05, 0) is 25.0 Å². The van der Waals surface area contributed by atoms with Gasteiger partial charge in [0.1, 0.15) is 17.5 Å². The summed E-state index contributed by atoms with van der Waals surface area (Å²) in [6, 6.07) is 4.61. The van der Waals surface area contributed by atoms with Gasteiger partial charge in [-0.2, -0.15) is 13.2 Å². The van der Waals surface area contributed by atoms with Crippen molar-refractivity contribution in [3.63, 3.8) is 0 Å². The molecule has 3 fully saturated rings. The van der Waals surface area contributed by atoms with E-state index < -0.39 is 23.6 Å². The molecule has 3 aliphatic rings. The van der Waals surface area contributed by atoms with E-state index in [4.69, 9.17) is 23.9 Å². The Morgan fingerprint density at radius 1 is 1.24 bits per heavy atom. The smallest absolute Gasteiger partial charge is 0.475 e. The summed E-state index contributed by atoms with van der Waals surface area (Å²) in [4.78, 5) is 27.1. The first-order valence-electron chi connectivity index (χ1n) is 10.5. The highest BCUT2D eigenvalue weighted by Crippen LogP contribution is 2.41. The fourth-order valence-corrected chi connectivity index (χ4v) is 3.82. The molecular formula is C21H21F4N3O6. The minimum atomic E-state index is -5.08. The van der Waals surface area contributed by atoms with Crippen LogP contribution >= 0.6 is 0 Å². The van der Waals surface area contributed by atoms with E-state index in [0.29, 0.717) is 44.1 Å². The average Bonchev–Trinajstić information content (AvgIpc) is 3.49. The van der Waals surface area contributed by atoms with Crippen LogP contribution in [0, 0.1) is 5.82 Å². The highest BCUT2D eigenvalue weighted by molar-refractivity contribution is 5.93. The fourth-order valence-electron chi connectivity index (χ4n) is 3.82. The van der Waals surface area contributed by atoms with Gasteiger partial charge in [-0.3, -0.25) is 4.79 Å². The number of pyridine rings is 1. The van der Waals surface area contributed by atoms with E-state index in [1.54, 1.807) is 11.0 Å². The summed E-state index contributed by atoms with van der Waals surface area (Å²) in [6.45, 7) is 1.46. The number of rotatable bonds is 4. The van der Waals surface area contributed by atoms with Crippen LogP contribution in [0.5, 0.6) is 5.88 Å².